The molecule has 254 valence electrons. The number of fused-ring (bicyclic) bond motifs is 3. The Labute approximate surface area is 288 Å². The number of carboxylic acid groups (broad SMARTS) is 2. The minimum absolute atomic E-state index is 0.0753. The second-order valence-corrected chi connectivity index (χ2v) is 13.0. The Morgan fingerprint density at radius 2 is 1.86 bits per heavy atom. The normalized spacial score (nSPS) is 16.7. The lowest BCUT2D eigenvalue weighted by molar-refractivity contribution is -0.140. The highest BCUT2D eigenvalue weighted by molar-refractivity contribution is 6.31. The molecule has 1 aliphatic carbocycles. The molecule has 1 fully saturated rings. The van der Waals surface area contributed by atoms with E-state index in [9.17, 15) is 24.3 Å². The van der Waals surface area contributed by atoms with Crippen molar-refractivity contribution in [3.63, 3.8) is 0 Å². The molecule has 4 aromatic rings. The zero-order valence-corrected chi connectivity index (χ0v) is 27.7. The van der Waals surface area contributed by atoms with E-state index in [1.165, 1.54) is 5.56 Å². The number of carboxylic acids is 2. The summed E-state index contributed by atoms with van der Waals surface area (Å²) in [4.78, 5) is 50.7. The maximum absolute atomic E-state index is 13.5. The van der Waals surface area contributed by atoms with Gasteiger partial charge in [0.05, 0.1) is 19.3 Å². The van der Waals surface area contributed by atoms with Gasteiger partial charge in [0.1, 0.15) is 11.8 Å². The highest BCUT2D eigenvalue weighted by Crippen LogP contribution is 2.57. The Morgan fingerprint density at radius 1 is 1.06 bits per heavy atom. The summed E-state index contributed by atoms with van der Waals surface area (Å²) in [7, 11) is 0. The fraction of sp³-hybridized carbons (Fsp3) is 0.324. The Morgan fingerprint density at radius 3 is 2.65 bits per heavy atom. The number of aliphatic carboxylic acids is 2. The SMILES string of the molecule is Cc1c(Cl)cccc1OCCCC(=O)N1C[C@@H]2C[C@@H]2c2c(-c3cnn(Cc4cccc(C(=O)NC(CCC(=O)O)C(=O)O)c4)c3)cccc21. The number of hydrogen-bond donors (Lipinski definition) is 3. The van der Waals surface area contributed by atoms with Gasteiger partial charge in [0.25, 0.3) is 5.91 Å². The molecule has 1 aliphatic heterocycles. The summed E-state index contributed by atoms with van der Waals surface area (Å²) in [5.74, 6) is -1.40. The van der Waals surface area contributed by atoms with Crippen molar-refractivity contribution in [1.29, 1.82) is 0 Å². The summed E-state index contributed by atoms with van der Waals surface area (Å²) >= 11 is 6.20. The quantitative estimate of drug-likeness (QED) is 0.139. The monoisotopic (exact) mass is 684 g/mol. The van der Waals surface area contributed by atoms with E-state index in [2.05, 4.69) is 16.5 Å². The molecule has 49 heavy (non-hydrogen) atoms. The van der Waals surface area contributed by atoms with Gasteiger partial charge in [-0.1, -0.05) is 41.9 Å². The Bertz CT molecular complexity index is 1910. The largest absolute Gasteiger partial charge is 0.493 e. The van der Waals surface area contributed by atoms with Crippen molar-refractivity contribution in [2.45, 2.75) is 57.5 Å². The van der Waals surface area contributed by atoms with Crippen LogP contribution < -0.4 is 15.0 Å². The average molecular weight is 685 g/mol. The van der Waals surface area contributed by atoms with Crippen LogP contribution in [-0.2, 0) is 20.9 Å². The van der Waals surface area contributed by atoms with Gasteiger partial charge in [-0.2, -0.15) is 5.10 Å². The molecule has 3 atom stereocenters. The standard InChI is InChI=1S/C37H37ClN4O7/c1-22-29(38)9-4-11-32(22)49-15-5-12-33(43)42-21-25-17-28(25)35-27(8-3-10-31(35)42)26-18-39-41(20-26)19-23-6-2-7-24(16-23)36(46)40-30(37(47)48)13-14-34(44)45/h2-4,6-11,16,18,20,25,28,30H,5,12-15,17,19,21H2,1H3,(H,40,46)(H,44,45)(H,47,48)/t25-,28-,30?/m0/s1. The Hall–Kier alpha value is -5.16. The third-order valence-corrected chi connectivity index (χ3v) is 9.53. The fourth-order valence-corrected chi connectivity index (χ4v) is 6.61. The second-order valence-electron chi connectivity index (χ2n) is 12.6. The van der Waals surface area contributed by atoms with Crippen molar-refractivity contribution in [1.82, 2.24) is 15.1 Å². The summed E-state index contributed by atoms with van der Waals surface area (Å²) in [6.07, 6.45) is 5.15. The van der Waals surface area contributed by atoms with Crippen molar-refractivity contribution >= 4 is 41.0 Å². The highest BCUT2D eigenvalue weighted by Gasteiger charge is 2.47. The highest BCUT2D eigenvalue weighted by atomic mass is 35.5. The molecule has 0 spiro atoms. The maximum atomic E-state index is 13.5. The molecule has 0 bridgehead atoms. The number of halogens is 1. The van der Waals surface area contributed by atoms with E-state index >= 15 is 0 Å². The van der Waals surface area contributed by atoms with Crippen molar-refractivity contribution in [3.8, 4) is 16.9 Å². The van der Waals surface area contributed by atoms with Gasteiger partial charge in [-0.25, -0.2) is 4.79 Å². The van der Waals surface area contributed by atoms with Crippen LogP contribution in [0.4, 0.5) is 5.69 Å². The number of ether oxygens (including phenoxy) is 1. The summed E-state index contributed by atoms with van der Waals surface area (Å²) in [6, 6.07) is 17.1. The van der Waals surface area contributed by atoms with E-state index < -0.39 is 23.9 Å². The van der Waals surface area contributed by atoms with Gasteiger partial charge in [-0.3, -0.25) is 19.1 Å². The molecule has 0 radical (unpaired) electrons. The van der Waals surface area contributed by atoms with Crippen molar-refractivity contribution in [2.75, 3.05) is 18.1 Å². The van der Waals surface area contributed by atoms with Crippen LogP contribution in [0.15, 0.2) is 73.1 Å². The van der Waals surface area contributed by atoms with Crippen molar-refractivity contribution in [2.24, 2.45) is 5.92 Å². The third-order valence-electron chi connectivity index (χ3n) is 9.12. The zero-order chi connectivity index (χ0) is 34.7. The molecular formula is C37H37ClN4O7. The number of aromatic nitrogens is 2. The molecule has 3 N–H and O–H groups in total. The number of rotatable bonds is 14. The van der Waals surface area contributed by atoms with Gasteiger partial charge in [-0.05, 0) is 85.0 Å². The van der Waals surface area contributed by atoms with E-state index in [-0.39, 0.29) is 24.3 Å². The van der Waals surface area contributed by atoms with Crippen LogP contribution in [0.3, 0.4) is 0 Å². The molecule has 1 saturated carbocycles. The predicted octanol–water partition coefficient (Wildman–Crippen LogP) is 5.92. The Kier molecular flexibility index (Phi) is 10.0. The molecule has 0 saturated heterocycles. The van der Waals surface area contributed by atoms with E-state index in [0.29, 0.717) is 49.4 Å². The van der Waals surface area contributed by atoms with E-state index in [1.54, 1.807) is 29.1 Å². The third kappa shape index (κ3) is 7.78. The first-order valence-corrected chi connectivity index (χ1v) is 16.6. The zero-order valence-electron chi connectivity index (χ0n) is 27.0. The predicted molar refractivity (Wildman–Crippen MR) is 183 cm³/mol. The van der Waals surface area contributed by atoms with E-state index in [4.69, 9.17) is 21.4 Å². The van der Waals surface area contributed by atoms with Crippen LogP contribution >= 0.6 is 11.6 Å². The summed E-state index contributed by atoms with van der Waals surface area (Å²) in [6.45, 7) is 3.41. The van der Waals surface area contributed by atoms with Crippen LogP contribution in [0.5, 0.6) is 5.75 Å². The van der Waals surface area contributed by atoms with Gasteiger partial charge in [0, 0.05) is 53.0 Å². The summed E-state index contributed by atoms with van der Waals surface area (Å²) in [5, 5.41) is 26.0. The number of nitrogens with zero attached hydrogens (tertiary/aromatic N) is 3. The smallest absolute Gasteiger partial charge is 0.326 e. The molecule has 6 rings (SSSR count). The molecule has 2 amide bonds. The van der Waals surface area contributed by atoms with Gasteiger partial charge in [0.2, 0.25) is 5.91 Å². The Balaban J connectivity index is 1.12. The molecule has 2 heterocycles. The fourth-order valence-electron chi connectivity index (χ4n) is 6.44. The number of anilines is 1. The van der Waals surface area contributed by atoms with Crippen LogP contribution in [0, 0.1) is 12.8 Å². The van der Waals surface area contributed by atoms with Crippen LogP contribution in [0.1, 0.15) is 65.1 Å². The lowest BCUT2D eigenvalue weighted by atomic mass is 9.92. The molecular weight excluding hydrogens is 648 g/mol. The first-order chi connectivity index (χ1) is 23.6. The van der Waals surface area contributed by atoms with Gasteiger partial charge in [-0.15, -0.1) is 0 Å². The lowest BCUT2D eigenvalue weighted by Gasteiger charge is -2.30. The maximum Gasteiger partial charge on any atom is 0.326 e. The van der Waals surface area contributed by atoms with E-state index in [1.807, 2.05) is 54.4 Å². The molecule has 1 aromatic heterocycles. The van der Waals surface area contributed by atoms with Crippen LogP contribution in [-0.4, -0.2) is 62.9 Å². The average Bonchev–Trinajstić information content (AvgIpc) is 3.73. The molecule has 11 nitrogen and oxygen atoms in total. The van der Waals surface area contributed by atoms with Crippen molar-refractivity contribution < 1.29 is 34.1 Å². The molecule has 2 aliphatic rings. The van der Waals surface area contributed by atoms with Crippen LogP contribution in [0.25, 0.3) is 11.1 Å². The topological polar surface area (TPSA) is 151 Å². The number of carbonyl (C=O) groups is 4. The molecule has 1 unspecified atom stereocenters. The summed E-state index contributed by atoms with van der Waals surface area (Å²) < 4.78 is 7.68. The number of hydrogen-bond acceptors (Lipinski definition) is 6. The number of amides is 2. The molecule has 12 heteroatoms. The van der Waals surface area contributed by atoms with Gasteiger partial charge < -0.3 is 25.2 Å². The number of carbonyl (C=O) groups excluding carboxylic acids is 2. The number of benzene rings is 3. The second kappa shape index (κ2) is 14.5. The first-order valence-electron chi connectivity index (χ1n) is 16.3. The minimum Gasteiger partial charge on any atom is -0.493 e. The lowest BCUT2D eigenvalue weighted by Crippen LogP contribution is -2.41. The number of nitrogens with one attached hydrogen (secondary N) is 1. The molecule has 3 aromatic carbocycles. The van der Waals surface area contributed by atoms with Crippen molar-refractivity contribution in [3.05, 3.63) is 100 Å². The first kappa shape index (κ1) is 33.7. The van der Waals surface area contributed by atoms with Gasteiger partial charge >= 0.3 is 11.9 Å². The van der Waals surface area contributed by atoms with Gasteiger partial charge in [0.15, 0.2) is 0 Å². The van der Waals surface area contributed by atoms with Crippen LogP contribution in [0.2, 0.25) is 5.02 Å². The van der Waals surface area contributed by atoms with E-state index in [0.717, 1.165) is 40.1 Å². The summed E-state index contributed by atoms with van der Waals surface area (Å²) in [5.41, 5.74) is 6.02. The minimum atomic E-state index is -1.31.